The van der Waals surface area contributed by atoms with E-state index in [1.165, 1.54) is 0 Å². The molecule has 0 radical (unpaired) electrons. The first-order valence-corrected chi connectivity index (χ1v) is 6.81. The van der Waals surface area contributed by atoms with Gasteiger partial charge in [-0.15, -0.1) is 0 Å². The van der Waals surface area contributed by atoms with E-state index < -0.39 is 0 Å². The molecule has 0 aliphatic carbocycles. The molecule has 0 saturated carbocycles. The quantitative estimate of drug-likeness (QED) is 0.887. The van der Waals surface area contributed by atoms with E-state index in [1.807, 2.05) is 31.2 Å². The van der Waals surface area contributed by atoms with Crippen LogP contribution in [0.15, 0.2) is 24.3 Å². The van der Waals surface area contributed by atoms with Crippen molar-refractivity contribution >= 4 is 5.91 Å². The van der Waals surface area contributed by atoms with Gasteiger partial charge in [0, 0.05) is 12.2 Å². The highest BCUT2D eigenvalue weighted by molar-refractivity contribution is 5.81. The fraction of sp³-hybridized carbons (Fsp3) is 0.533. The number of methoxy groups -OCH3 is 1. The van der Waals surface area contributed by atoms with E-state index in [1.54, 1.807) is 7.11 Å². The third-order valence-corrected chi connectivity index (χ3v) is 3.46. The molecule has 1 heterocycles. The van der Waals surface area contributed by atoms with Crippen LogP contribution in [0.25, 0.3) is 0 Å². The lowest BCUT2D eigenvalue weighted by atomic mass is 10.0. The van der Waals surface area contributed by atoms with Crippen LogP contribution in [-0.4, -0.2) is 25.7 Å². The van der Waals surface area contributed by atoms with Gasteiger partial charge in [-0.25, -0.2) is 0 Å². The molecule has 2 rings (SSSR count). The van der Waals surface area contributed by atoms with Crippen LogP contribution in [0.2, 0.25) is 0 Å². The second-order valence-electron chi connectivity index (χ2n) is 4.71. The monoisotopic (exact) mass is 263 g/mol. The number of carbonyl (C=O) groups is 1. The van der Waals surface area contributed by atoms with Crippen molar-refractivity contribution in [3.63, 3.8) is 0 Å². The van der Waals surface area contributed by atoms with Crippen molar-refractivity contribution in [3.05, 3.63) is 29.8 Å². The van der Waals surface area contributed by atoms with Crippen molar-refractivity contribution < 1.29 is 14.3 Å². The lowest BCUT2D eigenvalue weighted by molar-refractivity contribution is -0.130. The number of amides is 1. The summed E-state index contributed by atoms with van der Waals surface area (Å²) in [6.07, 6.45) is 2.31. The Balaban J connectivity index is 2.08. The number of carbonyl (C=O) groups excluding carboxylic acids is 1. The lowest BCUT2D eigenvalue weighted by Gasteiger charge is -2.21. The molecule has 1 fully saturated rings. The summed E-state index contributed by atoms with van der Waals surface area (Å²) in [6, 6.07) is 7.75. The molecule has 1 aromatic carbocycles. The first kappa shape index (κ1) is 13.9. The summed E-state index contributed by atoms with van der Waals surface area (Å²) in [6.45, 7) is 2.73. The van der Waals surface area contributed by atoms with Crippen molar-refractivity contribution in [2.45, 2.75) is 38.3 Å². The lowest BCUT2D eigenvalue weighted by Crippen LogP contribution is -2.36. The first-order chi connectivity index (χ1) is 9.26. The van der Waals surface area contributed by atoms with Gasteiger partial charge >= 0.3 is 0 Å². The van der Waals surface area contributed by atoms with Gasteiger partial charge < -0.3 is 14.8 Å². The molecule has 1 amide bonds. The number of nitrogens with one attached hydrogen (secondary N) is 1. The highest BCUT2D eigenvalue weighted by Crippen LogP contribution is 2.27. The molecule has 1 saturated heterocycles. The fourth-order valence-corrected chi connectivity index (χ4v) is 2.40. The van der Waals surface area contributed by atoms with Crippen molar-refractivity contribution in [2.75, 3.05) is 13.7 Å². The number of para-hydroxylation sites is 1. The normalized spacial score (nSPS) is 20.0. The third kappa shape index (κ3) is 3.26. The smallest absolute Gasteiger partial charge is 0.249 e. The molecular formula is C15H21NO3. The molecule has 1 aliphatic heterocycles. The van der Waals surface area contributed by atoms with Gasteiger partial charge in [0.25, 0.3) is 0 Å². The number of hydrogen-bond acceptors (Lipinski definition) is 3. The Hall–Kier alpha value is -1.55. The average Bonchev–Trinajstić information content (AvgIpc) is 2.98. The number of rotatable bonds is 5. The Morgan fingerprint density at radius 1 is 1.53 bits per heavy atom. The zero-order valence-electron chi connectivity index (χ0n) is 11.5. The summed E-state index contributed by atoms with van der Waals surface area (Å²) in [5.74, 6) is 0.789. The van der Waals surface area contributed by atoms with Crippen LogP contribution in [-0.2, 0) is 9.53 Å². The van der Waals surface area contributed by atoms with E-state index in [9.17, 15) is 4.79 Å². The number of ether oxygens (including phenoxy) is 2. The molecule has 2 atom stereocenters. The topological polar surface area (TPSA) is 47.6 Å². The van der Waals surface area contributed by atoms with Crippen LogP contribution in [0.5, 0.6) is 5.75 Å². The number of benzene rings is 1. The maximum atomic E-state index is 12.1. The minimum atomic E-state index is -0.288. The molecule has 104 valence electrons. The van der Waals surface area contributed by atoms with E-state index in [-0.39, 0.29) is 18.1 Å². The molecule has 1 aromatic rings. The molecule has 4 nitrogen and oxygen atoms in total. The van der Waals surface area contributed by atoms with Crippen LogP contribution in [0, 0.1) is 0 Å². The minimum Gasteiger partial charge on any atom is -0.496 e. The molecule has 1 aliphatic rings. The first-order valence-electron chi connectivity index (χ1n) is 6.81. The van der Waals surface area contributed by atoms with Gasteiger partial charge in [-0.2, -0.15) is 0 Å². The Bertz CT molecular complexity index is 427. The van der Waals surface area contributed by atoms with Crippen LogP contribution in [0.1, 0.15) is 37.8 Å². The van der Waals surface area contributed by atoms with E-state index in [2.05, 4.69) is 5.32 Å². The van der Waals surface area contributed by atoms with Crippen LogP contribution in [0.3, 0.4) is 0 Å². The number of hydrogen-bond donors (Lipinski definition) is 1. The van der Waals surface area contributed by atoms with Crippen LogP contribution in [0.4, 0.5) is 0 Å². The predicted octanol–water partition coefficient (Wildman–Crippen LogP) is 2.44. The van der Waals surface area contributed by atoms with E-state index >= 15 is 0 Å². The molecule has 19 heavy (non-hydrogen) atoms. The van der Waals surface area contributed by atoms with Gasteiger partial charge in [0.05, 0.1) is 13.2 Å². The second kappa shape index (κ2) is 6.57. The fourth-order valence-electron chi connectivity index (χ4n) is 2.40. The predicted molar refractivity (Wildman–Crippen MR) is 73.1 cm³/mol. The van der Waals surface area contributed by atoms with E-state index in [0.29, 0.717) is 6.61 Å². The Labute approximate surface area is 114 Å². The maximum absolute atomic E-state index is 12.1. The van der Waals surface area contributed by atoms with Gasteiger partial charge in [0.2, 0.25) is 5.91 Å². The van der Waals surface area contributed by atoms with Crippen LogP contribution < -0.4 is 10.1 Å². The molecular weight excluding hydrogens is 242 g/mol. The van der Waals surface area contributed by atoms with Crippen molar-refractivity contribution in [2.24, 2.45) is 0 Å². The Morgan fingerprint density at radius 3 is 2.95 bits per heavy atom. The van der Waals surface area contributed by atoms with Crippen molar-refractivity contribution in [3.8, 4) is 5.75 Å². The highest BCUT2D eigenvalue weighted by atomic mass is 16.5. The largest absolute Gasteiger partial charge is 0.496 e. The Kier molecular flexibility index (Phi) is 4.80. The van der Waals surface area contributed by atoms with Crippen molar-refractivity contribution in [1.29, 1.82) is 0 Å². The van der Waals surface area contributed by atoms with E-state index in [4.69, 9.17) is 9.47 Å². The summed E-state index contributed by atoms with van der Waals surface area (Å²) in [5.41, 5.74) is 1.01. The molecule has 0 bridgehead atoms. The molecule has 0 spiro atoms. The van der Waals surface area contributed by atoms with Gasteiger partial charge in [-0.3, -0.25) is 4.79 Å². The molecule has 0 aromatic heterocycles. The highest BCUT2D eigenvalue weighted by Gasteiger charge is 2.26. The summed E-state index contributed by atoms with van der Waals surface area (Å²) in [5, 5.41) is 3.06. The summed E-state index contributed by atoms with van der Waals surface area (Å²) >= 11 is 0. The third-order valence-electron chi connectivity index (χ3n) is 3.46. The molecule has 1 N–H and O–H groups in total. The zero-order valence-corrected chi connectivity index (χ0v) is 11.5. The molecule has 0 unspecified atom stereocenters. The standard InChI is InChI=1S/C15H21NO3/c1-3-12(11-7-4-5-8-13(11)18-2)16-15(17)14-9-6-10-19-14/h4-5,7-8,12,14H,3,6,9-10H2,1-2H3,(H,16,17)/t12-,14-/m0/s1. The maximum Gasteiger partial charge on any atom is 0.249 e. The average molecular weight is 263 g/mol. The summed E-state index contributed by atoms with van der Waals surface area (Å²) in [7, 11) is 1.65. The van der Waals surface area contributed by atoms with Crippen LogP contribution >= 0.6 is 0 Å². The van der Waals surface area contributed by atoms with Gasteiger partial charge in [0.1, 0.15) is 11.9 Å². The summed E-state index contributed by atoms with van der Waals surface area (Å²) < 4.78 is 10.8. The van der Waals surface area contributed by atoms with Gasteiger partial charge in [-0.1, -0.05) is 25.1 Å². The Morgan fingerprint density at radius 2 is 2.32 bits per heavy atom. The summed E-state index contributed by atoms with van der Waals surface area (Å²) in [4.78, 5) is 12.1. The van der Waals surface area contributed by atoms with E-state index in [0.717, 1.165) is 30.6 Å². The minimum absolute atomic E-state index is 0.0183. The molecule has 4 heteroatoms. The SMILES string of the molecule is CC[C@H](NC(=O)[C@@H]1CCCO1)c1ccccc1OC. The zero-order chi connectivity index (χ0) is 13.7. The second-order valence-corrected chi connectivity index (χ2v) is 4.71. The van der Waals surface area contributed by atoms with Gasteiger partial charge in [0.15, 0.2) is 0 Å². The van der Waals surface area contributed by atoms with Gasteiger partial charge in [-0.05, 0) is 25.3 Å². The van der Waals surface area contributed by atoms with Crippen molar-refractivity contribution in [1.82, 2.24) is 5.32 Å².